The summed E-state index contributed by atoms with van der Waals surface area (Å²) in [6, 6.07) is 5.70. The molecule has 17 heavy (non-hydrogen) atoms. The zero-order valence-electron chi connectivity index (χ0n) is 9.92. The third kappa shape index (κ3) is 3.59. The van der Waals surface area contributed by atoms with Gasteiger partial charge in [0.15, 0.2) is 0 Å². The van der Waals surface area contributed by atoms with Gasteiger partial charge in [0.1, 0.15) is 0 Å². The summed E-state index contributed by atoms with van der Waals surface area (Å²) >= 11 is 11.9. The zero-order valence-corrected chi connectivity index (χ0v) is 11.4. The first-order chi connectivity index (χ1) is 7.96. The van der Waals surface area contributed by atoms with Gasteiger partial charge in [0.2, 0.25) is 0 Å². The molecular weight excluding hydrogens is 257 g/mol. The van der Waals surface area contributed by atoms with Gasteiger partial charge in [0.05, 0.1) is 15.6 Å². The van der Waals surface area contributed by atoms with Crippen LogP contribution in [0.1, 0.15) is 25.3 Å². The van der Waals surface area contributed by atoms with Crippen LogP contribution >= 0.6 is 23.2 Å². The van der Waals surface area contributed by atoms with Gasteiger partial charge in [-0.25, -0.2) is 0 Å². The summed E-state index contributed by atoms with van der Waals surface area (Å²) in [5.74, 6) is 0. The lowest BCUT2D eigenvalue weighted by Gasteiger charge is -2.36. The number of likely N-dealkylation sites (tertiary alicyclic amines) is 1. The van der Waals surface area contributed by atoms with Gasteiger partial charge in [0.25, 0.3) is 0 Å². The van der Waals surface area contributed by atoms with E-state index in [1.54, 1.807) is 0 Å². The highest BCUT2D eigenvalue weighted by atomic mass is 35.5. The fourth-order valence-corrected chi connectivity index (χ4v) is 2.68. The summed E-state index contributed by atoms with van der Waals surface area (Å²) in [5.41, 5.74) is 0.575. The van der Waals surface area contributed by atoms with E-state index in [9.17, 15) is 5.11 Å². The zero-order chi connectivity index (χ0) is 12.5. The van der Waals surface area contributed by atoms with Gasteiger partial charge in [0, 0.05) is 13.1 Å². The van der Waals surface area contributed by atoms with Gasteiger partial charge in [-0.3, -0.25) is 4.90 Å². The number of piperidine rings is 1. The monoisotopic (exact) mass is 273 g/mol. The molecule has 0 bridgehead atoms. The average molecular weight is 274 g/mol. The molecule has 2 rings (SSSR count). The second kappa shape index (κ2) is 5.15. The quantitative estimate of drug-likeness (QED) is 0.894. The van der Waals surface area contributed by atoms with Crippen molar-refractivity contribution in [1.29, 1.82) is 0 Å². The van der Waals surface area contributed by atoms with Gasteiger partial charge in [-0.15, -0.1) is 0 Å². The highest BCUT2D eigenvalue weighted by molar-refractivity contribution is 6.42. The average Bonchev–Trinajstić information content (AvgIpc) is 2.22. The van der Waals surface area contributed by atoms with Gasteiger partial charge < -0.3 is 5.11 Å². The molecule has 0 saturated carbocycles. The molecule has 1 fully saturated rings. The van der Waals surface area contributed by atoms with Crippen LogP contribution in [0.25, 0.3) is 0 Å². The lowest BCUT2D eigenvalue weighted by atomic mass is 9.95. The second-order valence-corrected chi connectivity index (χ2v) is 5.87. The van der Waals surface area contributed by atoms with Crippen LogP contribution in [-0.2, 0) is 6.54 Å². The molecule has 1 aromatic carbocycles. The van der Waals surface area contributed by atoms with E-state index in [4.69, 9.17) is 23.2 Å². The van der Waals surface area contributed by atoms with Crippen molar-refractivity contribution in [3.63, 3.8) is 0 Å². The first kappa shape index (κ1) is 13.2. The Bertz CT molecular complexity index is 406. The first-order valence-electron chi connectivity index (χ1n) is 5.85. The molecule has 1 heterocycles. The predicted molar refractivity (Wildman–Crippen MR) is 71.6 cm³/mol. The fraction of sp³-hybridized carbons (Fsp3) is 0.538. The molecule has 4 heteroatoms. The molecule has 0 amide bonds. The van der Waals surface area contributed by atoms with E-state index < -0.39 is 5.60 Å². The second-order valence-electron chi connectivity index (χ2n) is 5.06. The molecule has 1 aliphatic rings. The Balaban J connectivity index is 2.03. The standard InChI is InChI=1S/C13H17Cl2NO/c1-13(17)5-2-6-16(9-13)8-10-3-4-11(14)12(15)7-10/h3-4,7,17H,2,5-6,8-9H2,1H3. The Hall–Kier alpha value is -0.280. The van der Waals surface area contributed by atoms with Crippen molar-refractivity contribution in [1.82, 2.24) is 4.90 Å². The lowest BCUT2D eigenvalue weighted by molar-refractivity contribution is -0.0181. The van der Waals surface area contributed by atoms with E-state index in [0.717, 1.165) is 31.5 Å². The van der Waals surface area contributed by atoms with Crippen LogP contribution in [0.15, 0.2) is 18.2 Å². The van der Waals surface area contributed by atoms with Crippen LogP contribution in [-0.4, -0.2) is 28.7 Å². The molecular formula is C13H17Cl2NO. The molecule has 94 valence electrons. The van der Waals surface area contributed by atoms with Crippen molar-refractivity contribution in [2.75, 3.05) is 13.1 Å². The van der Waals surface area contributed by atoms with Gasteiger partial charge >= 0.3 is 0 Å². The summed E-state index contributed by atoms with van der Waals surface area (Å²) in [6.07, 6.45) is 1.92. The minimum absolute atomic E-state index is 0.561. The Morgan fingerprint density at radius 1 is 1.35 bits per heavy atom. The van der Waals surface area contributed by atoms with Crippen LogP contribution in [0.2, 0.25) is 10.0 Å². The van der Waals surface area contributed by atoms with E-state index in [-0.39, 0.29) is 0 Å². The van der Waals surface area contributed by atoms with E-state index in [1.165, 1.54) is 0 Å². The lowest BCUT2D eigenvalue weighted by Crippen LogP contribution is -2.45. The molecule has 1 saturated heterocycles. The van der Waals surface area contributed by atoms with Crippen molar-refractivity contribution in [3.05, 3.63) is 33.8 Å². The smallest absolute Gasteiger partial charge is 0.0746 e. The molecule has 2 nitrogen and oxygen atoms in total. The van der Waals surface area contributed by atoms with E-state index in [0.29, 0.717) is 16.6 Å². The summed E-state index contributed by atoms with van der Waals surface area (Å²) < 4.78 is 0. The molecule has 0 aliphatic carbocycles. The maximum Gasteiger partial charge on any atom is 0.0746 e. The summed E-state index contributed by atoms with van der Waals surface area (Å²) in [4.78, 5) is 2.25. The van der Waals surface area contributed by atoms with Crippen LogP contribution in [0.5, 0.6) is 0 Å². The number of rotatable bonds is 2. The fourth-order valence-electron chi connectivity index (χ4n) is 2.35. The van der Waals surface area contributed by atoms with Gasteiger partial charge in [-0.2, -0.15) is 0 Å². The summed E-state index contributed by atoms with van der Waals surface area (Å²) in [7, 11) is 0. The van der Waals surface area contributed by atoms with Crippen molar-refractivity contribution >= 4 is 23.2 Å². The number of aliphatic hydroxyl groups is 1. The summed E-state index contributed by atoms with van der Waals surface area (Å²) in [6.45, 7) is 4.45. The van der Waals surface area contributed by atoms with E-state index >= 15 is 0 Å². The molecule has 1 atom stereocenters. The Kier molecular flexibility index (Phi) is 3.99. The molecule has 0 spiro atoms. The van der Waals surface area contributed by atoms with Crippen LogP contribution in [0.3, 0.4) is 0 Å². The first-order valence-corrected chi connectivity index (χ1v) is 6.60. The minimum atomic E-state index is -0.561. The van der Waals surface area contributed by atoms with Crippen molar-refractivity contribution in [2.45, 2.75) is 31.9 Å². The number of nitrogens with zero attached hydrogens (tertiary/aromatic N) is 1. The van der Waals surface area contributed by atoms with Crippen LogP contribution < -0.4 is 0 Å². The highest BCUT2D eigenvalue weighted by Gasteiger charge is 2.28. The third-order valence-electron chi connectivity index (χ3n) is 3.14. The topological polar surface area (TPSA) is 23.5 Å². The Labute approximate surface area is 112 Å². The third-order valence-corrected chi connectivity index (χ3v) is 3.88. The number of benzene rings is 1. The molecule has 1 aliphatic heterocycles. The van der Waals surface area contributed by atoms with Gasteiger partial charge in [-0.05, 0) is 44.0 Å². The molecule has 1 N–H and O–H groups in total. The number of β-amino-alcohol motifs (C(OH)–C–C–N with tert-alkyl or cyclic N) is 1. The molecule has 0 aromatic heterocycles. The SMILES string of the molecule is CC1(O)CCCN(Cc2ccc(Cl)c(Cl)c2)C1. The Morgan fingerprint density at radius 3 is 2.76 bits per heavy atom. The number of halogens is 2. The summed E-state index contributed by atoms with van der Waals surface area (Å²) in [5, 5.41) is 11.2. The minimum Gasteiger partial charge on any atom is -0.389 e. The number of hydrogen-bond donors (Lipinski definition) is 1. The normalized spacial score (nSPS) is 26.1. The molecule has 0 radical (unpaired) electrons. The predicted octanol–water partition coefficient (Wildman–Crippen LogP) is 3.34. The van der Waals surface area contributed by atoms with Gasteiger partial charge in [-0.1, -0.05) is 29.3 Å². The largest absolute Gasteiger partial charge is 0.389 e. The maximum atomic E-state index is 10.0. The molecule has 1 unspecified atom stereocenters. The van der Waals surface area contributed by atoms with Crippen LogP contribution in [0, 0.1) is 0 Å². The highest BCUT2D eigenvalue weighted by Crippen LogP contribution is 2.25. The van der Waals surface area contributed by atoms with Crippen molar-refractivity contribution < 1.29 is 5.11 Å². The van der Waals surface area contributed by atoms with Crippen molar-refractivity contribution in [2.24, 2.45) is 0 Å². The maximum absolute atomic E-state index is 10.0. The van der Waals surface area contributed by atoms with Crippen LogP contribution in [0.4, 0.5) is 0 Å². The van der Waals surface area contributed by atoms with E-state index in [2.05, 4.69) is 4.90 Å². The Morgan fingerprint density at radius 2 is 2.12 bits per heavy atom. The number of hydrogen-bond acceptors (Lipinski definition) is 2. The molecule has 1 aromatic rings. The van der Waals surface area contributed by atoms with E-state index in [1.807, 2.05) is 25.1 Å². The van der Waals surface area contributed by atoms with Crippen molar-refractivity contribution in [3.8, 4) is 0 Å².